The van der Waals surface area contributed by atoms with Crippen LogP contribution < -0.4 is 5.73 Å². The number of hydrogen-bond donors (Lipinski definition) is 2. The van der Waals surface area contributed by atoms with Crippen molar-refractivity contribution in [2.75, 3.05) is 5.73 Å². The van der Waals surface area contributed by atoms with Gasteiger partial charge >= 0.3 is 0 Å². The molecule has 3 N–H and O–H groups in total. The number of nitriles is 1. The smallest absolute Gasteiger partial charge is 0.101 e. The van der Waals surface area contributed by atoms with Gasteiger partial charge in [-0.3, -0.25) is 0 Å². The number of rotatable bonds is 4. The standard InChI is InChI=1S/C23H17N5O/c24-13-17-11-16-5-1-2-7-22(16)26-23(17)20-12-19(8-9-21(20)25)28-27-18-6-3-4-15(10-18)14-29/h1-12,29H,14,25H2. The Kier molecular flexibility index (Phi) is 4.97. The van der Waals surface area contributed by atoms with E-state index < -0.39 is 0 Å². The molecule has 6 heteroatoms. The van der Waals surface area contributed by atoms with Crippen LogP contribution in [0.4, 0.5) is 17.1 Å². The monoisotopic (exact) mass is 379 g/mol. The van der Waals surface area contributed by atoms with Crippen LogP contribution in [-0.4, -0.2) is 10.1 Å². The van der Waals surface area contributed by atoms with Gasteiger partial charge in [0.05, 0.1) is 34.8 Å². The van der Waals surface area contributed by atoms with E-state index in [1.165, 1.54) is 0 Å². The highest BCUT2D eigenvalue weighted by molar-refractivity contribution is 5.88. The van der Waals surface area contributed by atoms with E-state index in [0.29, 0.717) is 33.9 Å². The summed E-state index contributed by atoms with van der Waals surface area (Å²) >= 11 is 0. The lowest BCUT2D eigenvalue weighted by molar-refractivity contribution is 0.282. The van der Waals surface area contributed by atoms with Crippen molar-refractivity contribution in [1.82, 2.24) is 4.98 Å². The van der Waals surface area contributed by atoms with Gasteiger partial charge in [0.1, 0.15) is 6.07 Å². The lowest BCUT2D eigenvalue weighted by atomic mass is 10.0. The summed E-state index contributed by atoms with van der Waals surface area (Å²) in [5, 5.41) is 28.3. The molecule has 29 heavy (non-hydrogen) atoms. The minimum Gasteiger partial charge on any atom is -0.398 e. The molecular weight excluding hydrogens is 362 g/mol. The summed E-state index contributed by atoms with van der Waals surface area (Å²) < 4.78 is 0. The molecule has 3 aromatic carbocycles. The molecule has 6 nitrogen and oxygen atoms in total. The Morgan fingerprint density at radius 1 is 0.931 bits per heavy atom. The van der Waals surface area contributed by atoms with Crippen molar-refractivity contribution in [1.29, 1.82) is 5.26 Å². The van der Waals surface area contributed by atoms with Crippen molar-refractivity contribution in [3.63, 3.8) is 0 Å². The SMILES string of the molecule is N#Cc1cc2ccccc2nc1-c1cc(N=Nc2cccc(CO)c2)ccc1N. The first-order valence-corrected chi connectivity index (χ1v) is 8.99. The molecule has 4 rings (SSSR count). The fraction of sp³-hybridized carbons (Fsp3) is 0.0435. The molecule has 1 aromatic heterocycles. The third kappa shape index (κ3) is 3.81. The van der Waals surface area contributed by atoms with E-state index in [2.05, 4.69) is 21.3 Å². The predicted molar refractivity (Wildman–Crippen MR) is 113 cm³/mol. The summed E-state index contributed by atoms with van der Waals surface area (Å²) in [6.45, 7) is -0.0556. The van der Waals surface area contributed by atoms with Crippen molar-refractivity contribution >= 4 is 28.0 Å². The molecule has 4 aromatic rings. The Labute approximate surface area is 167 Å². The molecule has 0 spiro atoms. The number of nitrogens with two attached hydrogens (primary N) is 1. The van der Waals surface area contributed by atoms with E-state index in [-0.39, 0.29) is 6.61 Å². The van der Waals surface area contributed by atoms with Crippen LogP contribution in [0.5, 0.6) is 0 Å². The van der Waals surface area contributed by atoms with Gasteiger partial charge in [-0.25, -0.2) is 4.98 Å². The molecule has 0 bridgehead atoms. The second-order valence-corrected chi connectivity index (χ2v) is 6.49. The number of aliphatic hydroxyl groups is 1. The molecule has 1 heterocycles. The third-order valence-corrected chi connectivity index (χ3v) is 4.51. The fourth-order valence-electron chi connectivity index (χ4n) is 3.05. The number of para-hydroxylation sites is 1. The maximum absolute atomic E-state index is 9.61. The molecule has 140 valence electrons. The first-order valence-electron chi connectivity index (χ1n) is 8.99. The Bertz CT molecular complexity index is 1270. The minimum atomic E-state index is -0.0556. The third-order valence-electron chi connectivity index (χ3n) is 4.51. The molecule has 0 atom stereocenters. The van der Waals surface area contributed by atoms with E-state index in [4.69, 9.17) is 5.73 Å². The van der Waals surface area contributed by atoms with Crippen molar-refractivity contribution in [2.24, 2.45) is 10.2 Å². The highest BCUT2D eigenvalue weighted by atomic mass is 16.3. The summed E-state index contributed by atoms with van der Waals surface area (Å²) in [5.41, 5.74) is 11.1. The number of pyridine rings is 1. The van der Waals surface area contributed by atoms with Crippen molar-refractivity contribution < 1.29 is 5.11 Å². The molecule has 0 amide bonds. The van der Waals surface area contributed by atoms with E-state index >= 15 is 0 Å². The Morgan fingerprint density at radius 3 is 2.52 bits per heavy atom. The van der Waals surface area contributed by atoms with E-state index in [9.17, 15) is 10.4 Å². The van der Waals surface area contributed by atoms with E-state index in [1.807, 2.05) is 42.5 Å². The van der Waals surface area contributed by atoms with Gasteiger partial charge in [0.15, 0.2) is 0 Å². The molecule has 0 fully saturated rings. The van der Waals surface area contributed by atoms with Crippen molar-refractivity contribution in [3.05, 3.63) is 83.9 Å². The lowest BCUT2D eigenvalue weighted by Gasteiger charge is -2.09. The number of nitrogens with zero attached hydrogens (tertiary/aromatic N) is 4. The molecular formula is C23H17N5O. The van der Waals surface area contributed by atoms with Gasteiger partial charge in [0.25, 0.3) is 0 Å². The number of benzene rings is 3. The van der Waals surface area contributed by atoms with Crippen LogP contribution in [0.2, 0.25) is 0 Å². The minimum absolute atomic E-state index is 0.0556. The zero-order valence-corrected chi connectivity index (χ0v) is 15.4. The van der Waals surface area contributed by atoms with E-state index in [1.54, 1.807) is 30.3 Å². The number of nitrogen functional groups attached to an aromatic ring is 1. The summed E-state index contributed by atoms with van der Waals surface area (Å²) in [5.74, 6) is 0. The number of anilines is 1. The van der Waals surface area contributed by atoms with Gasteiger partial charge in [-0.05, 0) is 48.0 Å². The van der Waals surface area contributed by atoms with Crippen LogP contribution in [0, 0.1) is 11.3 Å². The molecule has 0 aliphatic rings. The second-order valence-electron chi connectivity index (χ2n) is 6.49. The number of hydrogen-bond acceptors (Lipinski definition) is 6. The molecule has 0 aliphatic heterocycles. The van der Waals surface area contributed by atoms with Crippen LogP contribution >= 0.6 is 0 Å². The Balaban J connectivity index is 1.77. The van der Waals surface area contributed by atoms with Crippen LogP contribution in [-0.2, 0) is 6.61 Å². The summed E-state index contributed by atoms with van der Waals surface area (Å²) in [7, 11) is 0. The Hall–Kier alpha value is -4.08. The maximum Gasteiger partial charge on any atom is 0.101 e. The maximum atomic E-state index is 9.61. The fourth-order valence-corrected chi connectivity index (χ4v) is 3.05. The number of fused-ring (bicyclic) bond motifs is 1. The number of aromatic nitrogens is 1. The largest absolute Gasteiger partial charge is 0.398 e. The van der Waals surface area contributed by atoms with Gasteiger partial charge in [-0.2, -0.15) is 15.5 Å². The zero-order valence-electron chi connectivity index (χ0n) is 15.4. The molecule has 0 unspecified atom stereocenters. The lowest BCUT2D eigenvalue weighted by Crippen LogP contribution is -1.95. The van der Waals surface area contributed by atoms with Gasteiger partial charge in [0.2, 0.25) is 0 Å². The summed E-state index contributed by atoms with van der Waals surface area (Å²) in [6, 6.07) is 24.1. The molecule has 0 saturated heterocycles. The highest BCUT2D eigenvalue weighted by Crippen LogP contribution is 2.33. The van der Waals surface area contributed by atoms with Crippen LogP contribution in [0.3, 0.4) is 0 Å². The molecule has 0 radical (unpaired) electrons. The normalized spacial score (nSPS) is 11.0. The van der Waals surface area contributed by atoms with Crippen molar-refractivity contribution in [2.45, 2.75) is 6.61 Å². The molecule has 0 aliphatic carbocycles. The zero-order chi connectivity index (χ0) is 20.2. The van der Waals surface area contributed by atoms with Crippen LogP contribution in [0.1, 0.15) is 11.1 Å². The van der Waals surface area contributed by atoms with E-state index in [0.717, 1.165) is 16.5 Å². The van der Waals surface area contributed by atoms with Gasteiger partial charge < -0.3 is 10.8 Å². The predicted octanol–water partition coefficient (Wildman–Crippen LogP) is 5.26. The summed E-state index contributed by atoms with van der Waals surface area (Å²) in [4.78, 5) is 4.66. The number of aliphatic hydroxyl groups excluding tert-OH is 1. The van der Waals surface area contributed by atoms with Gasteiger partial charge in [0, 0.05) is 16.6 Å². The van der Waals surface area contributed by atoms with Crippen molar-refractivity contribution in [3.8, 4) is 17.3 Å². The number of azo groups is 1. The van der Waals surface area contributed by atoms with Gasteiger partial charge in [-0.15, -0.1) is 0 Å². The first-order chi connectivity index (χ1) is 14.2. The highest BCUT2D eigenvalue weighted by Gasteiger charge is 2.13. The Morgan fingerprint density at radius 2 is 1.72 bits per heavy atom. The summed E-state index contributed by atoms with van der Waals surface area (Å²) in [6.07, 6.45) is 0. The topological polar surface area (TPSA) is 108 Å². The van der Waals surface area contributed by atoms with Crippen LogP contribution in [0.15, 0.2) is 83.0 Å². The average molecular weight is 379 g/mol. The van der Waals surface area contributed by atoms with Crippen LogP contribution in [0.25, 0.3) is 22.2 Å². The quantitative estimate of drug-likeness (QED) is 0.372. The first kappa shape index (κ1) is 18.3. The van der Waals surface area contributed by atoms with Gasteiger partial charge in [-0.1, -0.05) is 30.3 Å². The molecule has 0 saturated carbocycles. The average Bonchev–Trinajstić information content (AvgIpc) is 2.77. The second kappa shape index (κ2) is 7.89.